The summed E-state index contributed by atoms with van der Waals surface area (Å²) >= 11 is 0. The molecule has 3 N–H and O–H groups in total. The molecular formula is C20H22FN3O2. The maximum absolute atomic E-state index is 12.9. The summed E-state index contributed by atoms with van der Waals surface area (Å²) < 4.78 is 12.9. The molecule has 136 valence electrons. The lowest BCUT2D eigenvalue weighted by atomic mass is 9.93. The van der Waals surface area contributed by atoms with Crippen LogP contribution in [-0.2, 0) is 29.0 Å². The highest BCUT2D eigenvalue weighted by Gasteiger charge is 2.33. The Morgan fingerprint density at radius 3 is 2.50 bits per heavy atom. The molecule has 2 aromatic rings. The summed E-state index contributed by atoms with van der Waals surface area (Å²) in [6.45, 7) is 0.692. The summed E-state index contributed by atoms with van der Waals surface area (Å²) in [5.41, 5.74) is 8.58. The number of carbonyl (C=O) groups excluding carboxylic acids is 2. The van der Waals surface area contributed by atoms with Gasteiger partial charge in [-0.05, 0) is 35.2 Å². The van der Waals surface area contributed by atoms with Crippen LogP contribution in [0.1, 0.15) is 16.7 Å². The molecule has 0 aromatic heterocycles. The van der Waals surface area contributed by atoms with Gasteiger partial charge in [0.1, 0.15) is 11.9 Å². The fraction of sp³-hybridized carbons (Fsp3) is 0.300. The minimum Gasteiger partial charge on any atom is -0.354 e. The molecule has 0 saturated heterocycles. The number of nitrogens with two attached hydrogens (primary N) is 1. The van der Waals surface area contributed by atoms with E-state index in [2.05, 4.69) is 5.32 Å². The van der Waals surface area contributed by atoms with E-state index in [0.29, 0.717) is 25.9 Å². The zero-order valence-corrected chi connectivity index (χ0v) is 14.5. The largest absolute Gasteiger partial charge is 0.354 e. The Kier molecular flexibility index (Phi) is 5.63. The minimum atomic E-state index is -0.561. The molecule has 0 spiro atoms. The van der Waals surface area contributed by atoms with Gasteiger partial charge in [-0.1, -0.05) is 36.4 Å². The molecule has 1 aliphatic rings. The number of amides is 2. The van der Waals surface area contributed by atoms with E-state index < -0.39 is 6.04 Å². The Balaban J connectivity index is 1.65. The number of nitrogens with one attached hydrogen (secondary N) is 1. The van der Waals surface area contributed by atoms with Crippen molar-refractivity contribution in [1.82, 2.24) is 10.2 Å². The maximum atomic E-state index is 12.9. The molecule has 0 fully saturated rings. The number of hydrogen-bond acceptors (Lipinski definition) is 3. The molecule has 2 aromatic carbocycles. The Labute approximate surface area is 152 Å². The van der Waals surface area contributed by atoms with Crippen molar-refractivity contribution in [2.75, 3.05) is 13.1 Å². The number of carbonyl (C=O) groups is 2. The van der Waals surface area contributed by atoms with Crippen molar-refractivity contribution in [3.05, 3.63) is 71.0 Å². The maximum Gasteiger partial charge on any atom is 0.243 e. The topological polar surface area (TPSA) is 75.4 Å². The van der Waals surface area contributed by atoms with Crippen molar-refractivity contribution in [2.45, 2.75) is 25.4 Å². The van der Waals surface area contributed by atoms with E-state index in [4.69, 9.17) is 5.73 Å². The van der Waals surface area contributed by atoms with Crippen molar-refractivity contribution in [3.8, 4) is 0 Å². The molecule has 6 heteroatoms. The standard InChI is InChI=1S/C20H22FN3O2/c21-17-7-5-14(6-8-17)9-10-23-20(26)18-11-15-3-1-2-4-16(15)13-24(18)19(25)12-22/h1-8,18H,9-13,22H2,(H,23,26). The molecule has 0 radical (unpaired) electrons. The predicted molar refractivity (Wildman–Crippen MR) is 96.7 cm³/mol. The summed E-state index contributed by atoms with van der Waals surface area (Å²) in [4.78, 5) is 26.4. The fourth-order valence-corrected chi connectivity index (χ4v) is 3.24. The molecule has 3 rings (SSSR count). The van der Waals surface area contributed by atoms with Crippen LogP contribution in [0.25, 0.3) is 0 Å². The molecule has 0 bridgehead atoms. The lowest BCUT2D eigenvalue weighted by Gasteiger charge is -2.35. The van der Waals surface area contributed by atoms with Gasteiger partial charge in [-0.25, -0.2) is 4.39 Å². The van der Waals surface area contributed by atoms with Crippen molar-refractivity contribution in [1.29, 1.82) is 0 Å². The van der Waals surface area contributed by atoms with Gasteiger partial charge < -0.3 is 16.0 Å². The van der Waals surface area contributed by atoms with Crippen molar-refractivity contribution >= 4 is 11.8 Å². The van der Waals surface area contributed by atoms with E-state index in [1.165, 1.54) is 12.1 Å². The highest BCUT2D eigenvalue weighted by molar-refractivity contribution is 5.89. The average Bonchev–Trinajstić information content (AvgIpc) is 2.67. The highest BCUT2D eigenvalue weighted by atomic mass is 19.1. The summed E-state index contributed by atoms with van der Waals surface area (Å²) in [5.74, 6) is -0.712. The van der Waals surface area contributed by atoms with E-state index in [1.54, 1.807) is 17.0 Å². The van der Waals surface area contributed by atoms with Crippen LogP contribution in [0.4, 0.5) is 4.39 Å². The SMILES string of the molecule is NCC(=O)N1Cc2ccccc2CC1C(=O)NCCc1ccc(F)cc1. The Hall–Kier alpha value is -2.73. The minimum absolute atomic E-state index is 0.123. The van der Waals surface area contributed by atoms with Gasteiger partial charge in [-0.2, -0.15) is 0 Å². The number of nitrogens with zero attached hydrogens (tertiary/aromatic N) is 1. The molecule has 2 amide bonds. The molecule has 1 aliphatic heterocycles. The average molecular weight is 355 g/mol. The fourth-order valence-electron chi connectivity index (χ4n) is 3.24. The number of hydrogen-bond donors (Lipinski definition) is 2. The number of benzene rings is 2. The molecule has 1 atom stereocenters. The van der Waals surface area contributed by atoms with E-state index in [1.807, 2.05) is 24.3 Å². The van der Waals surface area contributed by atoms with Crippen LogP contribution in [0, 0.1) is 5.82 Å². The van der Waals surface area contributed by atoms with Gasteiger partial charge in [0, 0.05) is 19.5 Å². The Bertz CT molecular complexity index is 792. The van der Waals surface area contributed by atoms with Crippen LogP contribution >= 0.6 is 0 Å². The third-order valence-corrected chi connectivity index (χ3v) is 4.67. The lowest BCUT2D eigenvalue weighted by molar-refractivity contribution is -0.140. The third kappa shape index (κ3) is 4.08. The van der Waals surface area contributed by atoms with Crippen molar-refractivity contribution < 1.29 is 14.0 Å². The lowest BCUT2D eigenvalue weighted by Crippen LogP contribution is -2.54. The first-order valence-corrected chi connectivity index (χ1v) is 8.67. The van der Waals surface area contributed by atoms with E-state index in [9.17, 15) is 14.0 Å². The number of fused-ring (bicyclic) bond motifs is 1. The van der Waals surface area contributed by atoms with Crippen molar-refractivity contribution in [2.24, 2.45) is 5.73 Å². The predicted octanol–water partition coefficient (Wildman–Crippen LogP) is 1.40. The Morgan fingerprint density at radius 1 is 1.12 bits per heavy atom. The second-order valence-electron chi connectivity index (χ2n) is 6.38. The van der Waals surface area contributed by atoms with Crippen LogP contribution in [0.3, 0.4) is 0 Å². The summed E-state index contributed by atoms with van der Waals surface area (Å²) in [5, 5.41) is 2.89. The normalized spacial score (nSPS) is 16.1. The van der Waals surface area contributed by atoms with Gasteiger partial charge in [0.05, 0.1) is 6.54 Å². The molecule has 26 heavy (non-hydrogen) atoms. The Morgan fingerprint density at radius 2 is 1.81 bits per heavy atom. The van der Waals surface area contributed by atoms with Crippen LogP contribution in [0.15, 0.2) is 48.5 Å². The molecule has 5 nitrogen and oxygen atoms in total. The molecule has 0 saturated carbocycles. The van der Waals surface area contributed by atoms with Crippen LogP contribution < -0.4 is 11.1 Å². The highest BCUT2D eigenvalue weighted by Crippen LogP contribution is 2.23. The van der Waals surface area contributed by atoms with E-state index in [0.717, 1.165) is 16.7 Å². The van der Waals surface area contributed by atoms with E-state index >= 15 is 0 Å². The molecular weight excluding hydrogens is 333 g/mol. The molecule has 1 unspecified atom stereocenters. The van der Waals surface area contributed by atoms with Gasteiger partial charge in [0.2, 0.25) is 11.8 Å². The first kappa shape index (κ1) is 18.1. The first-order chi connectivity index (χ1) is 12.6. The first-order valence-electron chi connectivity index (χ1n) is 8.67. The summed E-state index contributed by atoms with van der Waals surface area (Å²) in [7, 11) is 0. The second kappa shape index (κ2) is 8.10. The third-order valence-electron chi connectivity index (χ3n) is 4.67. The summed E-state index contributed by atoms with van der Waals surface area (Å²) in [6, 6.07) is 13.4. The zero-order valence-electron chi connectivity index (χ0n) is 14.5. The van der Waals surface area contributed by atoms with Crippen molar-refractivity contribution in [3.63, 3.8) is 0 Å². The number of halogens is 1. The monoisotopic (exact) mass is 355 g/mol. The smallest absolute Gasteiger partial charge is 0.243 e. The van der Waals surface area contributed by atoms with Crippen LogP contribution in [-0.4, -0.2) is 35.8 Å². The van der Waals surface area contributed by atoms with Gasteiger partial charge in [-0.3, -0.25) is 9.59 Å². The van der Waals surface area contributed by atoms with Crippen LogP contribution in [0.2, 0.25) is 0 Å². The quantitative estimate of drug-likeness (QED) is 0.851. The van der Waals surface area contributed by atoms with E-state index in [-0.39, 0.29) is 24.2 Å². The van der Waals surface area contributed by atoms with Gasteiger partial charge in [-0.15, -0.1) is 0 Å². The van der Waals surface area contributed by atoms with Gasteiger partial charge in [0.25, 0.3) is 0 Å². The summed E-state index contributed by atoms with van der Waals surface area (Å²) in [6.07, 6.45) is 1.07. The van der Waals surface area contributed by atoms with Crippen LogP contribution in [0.5, 0.6) is 0 Å². The second-order valence-corrected chi connectivity index (χ2v) is 6.38. The zero-order chi connectivity index (χ0) is 18.5. The van der Waals surface area contributed by atoms with Gasteiger partial charge >= 0.3 is 0 Å². The van der Waals surface area contributed by atoms with Gasteiger partial charge in [0.15, 0.2) is 0 Å². The molecule has 1 heterocycles. The molecule has 0 aliphatic carbocycles. The number of rotatable bonds is 5.